The lowest BCUT2D eigenvalue weighted by Crippen LogP contribution is -2.25. The SMILES string of the molecule is Cc1cc(NC(=O)CC2CCCCO2)ccc1C#CCN. The molecule has 1 aliphatic heterocycles. The van der Waals surface area contributed by atoms with Crippen LogP contribution in [0.3, 0.4) is 0 Å². The normalized spacial score (nSPS) is 17.7. The first kappa shape index (κ1) is 15.6. The number of carbonyl (C=O) groups excluding carboxylic acids is 1. The Morgan fingerprint density at radius 1 is 1.48 bits per heavy atom. The number of nitrogens with one attached hydrogen (secondary N) is 1. The van der Waals surface area contributed by atoms with E-state index in [1.807, 2.05) is 25.1 Å². The van der Waals surface area contributed by atoms with Crippen molar-refractivity contribution in [3.05, 3.63) is 29.3 Å². The van der Waals surface area contributed by atoms with Gasteiger partial charge in [-0.2, -0.15) is 0 Å². The maximum absolute atomic E-state index is 12.0. The molecule has 1 amide bonds. The van der Waals surface area contributed by atoms with Gasteiger partial charge in [0.05, 0.1) is 19.1 Å². The Hall–Kier alpha value is -1.83. The number of hydrogen-bond donors (Lipinski definition) is 2. The van der Waals surface area contributed by atoms with E-state index in [4.69, 9.17) is 10.5 Å². The maximum atomic E-state index is 12.0. The second-order valence-electron chi connectivity index (χ2n) is 5.28. The zero-order chi connectivity index (χ0) is 15.1. The maximum Gasteiger partial charge on any atom is 0.226 e. The summed E-state index contributed by atoms with van der Waals surface area (Å²) in [5.74, 6) is 5.85. The lowest BCUT2D eigenvalue weighted by atomic mass is 10.1. The molecule has 1 saturated heterocycles. The topological polar surface area (TPSA) is 64.3 Å². The van der Waals surface area contributed by atoms with Gasteiger partial charge in [-0.3, -0.25) is 4.79 Å². The Balaban J connectivity index is 1.92. The van der Waals surface area contributed by atoms with Crippen molar-refractivity contribution < 1.29 is 9.53 Å². The molecule has 1 aliphatic rings. The molecule has 0 saturated carbocycles. The van der Waals surface area contributed by atoms with Gasteiger partial charge in [0.1, 0.15) is 0 Å². The fraction of sp³-hybridized carbons (Fsp3) is 0.471. The lowest BCUT2D eigenvalue weighted by Gasteiger charge is -2.22. The molecule has 4 heteroatoms. The third kappa shape index (κ3) is 4.89. The van der Waals surface area contributed by atoms with Crippen LogP contribution in [0, 0.1) is 18.8 Å². The van der Waals surface area contributed by atoms with Crippen molar-refractivity contribution in [1.82, 2.24) is 0 Å². The molecule has 1 fully saturated rings. The molecule has 1 unspecified atom stereocenters. The van der Waals surface area contributed by atoms with Crippen molar-refractivity contribution in [2.75, 3.05) is 18.5 Å². The van der Waals surface area contributed by atoms with Crippen molar-refractivity contribution >= 4 is 11.6 Å². The standard InChI is InChI=1S/C17H22N2O2/c1-13-11-15(8-7-14(13)5-4-9-18)19-17(20)12-16-6-2-3-10-21-16/h7-8,11,16H,2-3,6,9-10,12,18H2,1H3,(H,19,20). The molecule has 1 heterocycles. The minimum atomic E-state index is 0.00194. The highest BCUT2D eigenvalue weighted by Gasteiger charge is 2.17. The van der Waals surface area contributed by atoms with E-state index in [0.717, 1.165) is 42.7 Å². The largest absolute Gasteiger partial charge is 0.378 e. The molecule has 1 aromatic rings. The van der Waals surface area contributed by atoms with Crippen LogP contribution in [0.4, 0.5) is 5.69 Å². The van der Waals surface area contributed by atoms with Crippen molar-refractivity contribution in [1.29, 1.82) is 0 Å². The van der Waals surface area contributed by atoms with Gasteiger partial charge in [0, 0.05) is 17.9 Å². The van der Waals surface area contributed by atoms with Gasteiger partial charge >= 0.3 is 0 Å². The summed E-state index contributed by atoms with van der Waals surface area (Å²) in [6.45, 7) is 3.09. The smallest absolute Gasteiger partial charge is 0.226 e. The summed E-state index contributed by atoms with van der Waals surface area (Å²) in [4.78, 5) is 12.0. The molecule has 0 radical (unpaired) electrons. The van der Waals surface area contributed by atoms with Crippen LogP contribution in [0.2, 0.25) is 0 Å². The monoisotopic (exact) mass is 286 g/mol. The minimum Gasteiger partial charge on any atom is -0.378 e. The summed E-state index contributed by atoms with van der Waals surface area (Å²) in [5, 5.41) is 2.92. The number of nitrogens with two attached hydrogens (primary N) is 1. The summed E-state index contributed by atoms with van der Waals surface area (Å²) in [5.41, 5.74) is 8.14. The van der Waals surface area contributed by atoms with E-state index in [9.17, 15) is 4.79 Å². The third-order valence-electron chi connectivity index (χ3n) is 3.52. The highest BCUT2D eigenvalue weighted by atomic mass is 16.5. The van der Waals surface area contributed by atoms with E-state index < -0.39 is 0 Å². The quantitative estimate of drug-likeness (QED) is 0.837. The van der Waals surface area contributed by atoms with Gasteiger partial charge in [0.15, 0.2) is 0 Å². The third-order valence-corrected chi connectivity index (χ3v) is 3.52. The van der Waals surface area contributed by atoms with Crippen molar-refractivity contribution in [2.45, 2.75) is 38.7 Å². The first-order valence-electron chi connectivity index (χ1n) is 7.40. The highest BCUT2D eigenvalue weighted by molar-refractivity contribution is 5.91. The molecular formula is C17H22N2O2. The number of hydrogen-bond acceptors (Lipinski definition) is 3. The Labute approximate surface area is 126 Å². The van der Waals surface area contributed by atoms with Crippen LogP contribution < -0.4 is 11.1 Å². The number of rotatable bonds is 3. The Bertz CT molecular complexity index is 552. The van der Waals surface area contributed by atoms with E-state index in [0.29, 0.717) is 13.0 Å². The van der Waals surface area contributed by atoms with Gasteiger partial charge in [-0.15, -0.1) is 0 Å². The van der Waals surface area contributed by atoms with Gasteiger partial charge in [0.2, 0.25) is 5.91 Å². The number of carbonyl (C=O) groups is 1. The van der Waals surface area contributed by atoms with E-state index in [2.05, 4.69) is 17.2 Å². The average Bonchev–Trinajstić information content (AvgIpc) is 2.47. The first-order chi connectivity index (χ1) is 10.2. The fourth-order valence-corrected chi connectivity index (χ4v) is 2.42. The molecule has 2 rings (SSSR count). The van der Waals surface area contributed by atoms with Crippen molar-refractivity contribution in [3.63, 3.8) is 0 Å². The van der Waals surface area contributed by atoms with Crippen molar-refractivity contribution in [3.8, 4) is 11.8 Å². The van der Waals surface area contributed by atoms with Gasteiger partial charge < -0.3 is 15.8 Å². The molecule has 0 aliphatic carbocycles. The van der Waals surface area contributed by atoms with E-state index in [1.165, 1.54) is 0 Å². The molecular weight excluding hydrogens is 264 g/mol. The molecule has 4 nitrogen and oxygen atoms in total. The number of aryl methyl sites for hydroxylation is 1. The van der Waals surface area contributed by atoms with Gasteiger partial charge in [-0.05, 0) is 49.9 Å². The Morgan fingerprint density at radius 2 is 2.33 bits per heavy atom. The van der Waals surface area contributed by atoms with Gasteiger partial charge in [0.25, 0.3) is 0 Å². The molecule has 1 atom stereocenters. The molecule has 21 heavy (non-hydrogen) atoms. The summed E-state index contributed by atoms with van der Waals surface area (Å²) in [6, 6.07) is 5.71. The van der Waals surface area contributed by atoms with Crippen LogP contribution in [-0.4, -0.2) is 25.2 Å². The molecule has 1 aromatic carbocycles. The van der Waals surface area contributed by atoms with E-state index in [1.54, 1.807) is 0 Å². The second kappa shape index (κ2) is 7.82. The van der Waals surface area contributed by atoms with Crippen LogP contribution >= 0.6 is 0 Å². The predicted molar refractivity (Wildman–Crippen MR) is 83.9 cm³/mol. The number of anilines is 1. The molecule has 0 aromatic heterocycles. The Kier molecular flexibility index (Phi) is 5.79. The van der Waals surface area contributed by atoms with E-state index >= 15 is 0 Å². The zero-order valence-electron chi connectivity index (χ0n) is 12.4. The first-order valence-corrected chi connectivity index (χ1v) is 7.40. The number of benzene rings is 1. The van der Waals surface area contributed by atoms with Crippen LogP contribution in [0.5, 0.6) is 0 Å². The second-order valence-corrected chi connectivity index (χ2v) is 5.28. The Morgan fingerprint density at radius 3 is 3.00 bits per heavy atom. The van der Waals surface area contributed by atoms with Crippen LogP contribution in [0.15, 0.2) is 18.2 Å². The van der Waals surface area contributed by atoms with Gasteiger partial charge in [-0.25, -0.2) is 0 Å². The zero-order valence-corrected chi connectivity index (χ0v) is 12.4. The lowest BCUT2D eigenvalue weighted by molar-refractivity contribution is -0.119. The summed E-state index contributed by atoms with van der Waals surface area (Å²) in [6.07, 6.45) is 3.71. The predicted octanol–water partition coefficient (Wildman–Crippen LogP) is 2.20. The summed E-state index contributed by atoms with van der Waals surface area (Å²) in [7, 11) is 0. The van der Waals surface area contributed by atoms with Crippen LogP contribution in [0.25, 0.3) is 0 Å². The highest BCUT2D eigenvalue weighted by Crippen LogP contribution is 2.18. The van der Waals surface area contributed by atoms with Crippen LogP contribution in [-0.2, 0) is 9.53 Å². The fourth-order valence-electron chi connectivity index (χ4n) is 2.42. The van der Waals surface area contributed by atoms with Gasteiger partial charge in [-0.1, -0.05) is 11.8 Å². The summed E-state index contributed by atoms with van der Waals surface area (Å²) >= 11 is 0. The molecule has 0 bridgehead atoms. The molecule has 112 valence electrons. The minimum absolute atomic E-state index is 0.00194. The number of ether oxygens (including phenoxy) is 1. The van der Waals surface area contributed by atoms with Crippen LogP contribution in [0.1, 0.15) is 36.8 Å². The van der Waals surface area contributed by atoms with Crippen molar-refractivity contribution in [2.24, 2.45) is 5.73 Å². The molecule has 0 spiro atoms. The van der Waals surface area contributed by atoms with E-state index in [-0.39, 0.29) is 12.0 Å². The summed E-state index contributed by atoms with van der Waals surface area (Å²) < 4.78 is 5.58. The number of amides is 1. The molecule has 3 N–H and O–H groups in total. The average molecular weight is 286 g/mol.